The van der Waals surface area contributed by atoms with Crippen LogP contribution < -0.4 is 5.32 Å². The monoisotopic (exact) mass is 378 g/mol. The number of hydrogen-bond donors (Lipinski definition) is 1. The van der Waals surface area contributed by atoms with Crippen molar-refractivity contribution in [1.29, 1.82) is 0 Å². The average Bonchev–Trinajstić information content (AvgIpc) is 3.14. The summed E-state index contributed by atoms with van der Waals surface area (Å²) in [6.07, 6.45) is 1.77. The molecule has 138 valence electrons. The van der Waals surface area contributed by atoms with Gasteiger partial charge >= 0.3 is 0 Å². The zero-order valence-corrected chi connectivity index (χ0v) is 15.1. The quantitative estimate of drug-likeness (QED) is 0.863. The van der Waals surface area contributed by atoms with Crippen LogP contribution in [0.15, 0.2) is 24.3 Å². The second kappa shape index (κ2) is 8.33. The lowest BCUT2D eigenvalue weighted by molar-refractivity contribution is -0.136. The Morgan fingerprint density at radius 1 is 1.35 bits per heavy atom. The van der Waals surface area contributed by atoms with Gasteiger partial charge in [0, 0.05) is 31.8 Å². The fraction of sp³-hybridized carbons (Fsp3) is 0.412. The van der Waals surface area contributed by atoms with E-state index in [1.54, 1.807) is 4.90 Å². The van der Waals surface area contributed by atoms with Gasteiger partial charge in [-0.3, -0.25) is 9.59 Å². The maximum Gasteiger partial charge on any atom is 0.286 e. The van der Waals surface area contributed by atoms with Crippen LogP contribution in [-0.2, 0) is 9.53 Å². The summed E-state index contributed by atoms with van der Waals surface area (Å²) in [6.45, 7) is 1.32. The smallest absolute Gasteiger partial charge is 0.286 e. The molecule has 3 rings (SSSR count). The first-order chi connectivity index (χ1) is 12.6. The molecule has 2 aromatic rings. The van der Waals surface area contributed by atoms with E-state index in [0.29, 0.717) is 18.8 Å². The van der Waals surface area contributed by atoms with Crippen LogP contribution in [0.4, 0.5) is 10.1 Å². The number of carbonyl (C=O) groups excluding carboxylic acids is 2. The Kier molecular flexibility index (Phi) is 5.89. The predicted molar refractivity (Wildman–Crippen MR) is 94.7 cm³/mol. The fourth-order valence-electron chi connectivity index (χ4n) is 2.83. The van der Waals surface area contributed by atoms with Gasteiger partial charge in [-0.1, -0.05) is 11.3 Å². The highest BCUT2D eigenvalue weighted by molar-refractivity contribution is 7.13. The summed E-state index contributed by atoms with van der Waals surface area (Å²) in [5.74, 6) is -0.736. The van der Waals surface area contributed by atoms with Gasteiger partial charge in [-0.15, -0.1) is 10.2 Å². The first-order valence-electron chi connectivity index (χ1n) is 8.24. The molecule has 0 unspecified atom stereocenters. The van der Waals surface area contributed by atoms with E-state index >= 15 is 0 Å². The van der Waals surface area contributed by atoms with Crippen LogP contribution in [0.5, 0.6) is 0 Å². The largest absolute Gasteiger partial charge is 0.375 e. The minimum absolute atomic E-state index is 0.0454. The first-order valence-corrected chi connectivity index (χ1v) is 9.05. The summed E-state index contributed by atoms with van der Waals surface area (Å²) in [4.78, 5) is 26.0. The molecule has 1 aromatic carbocycles. The summed E-state index contributed by atoms with van der Waals surface area (Å²) in [5, 5.41) is 11.7. The second-order valence-corrected chi connectivity index (χ2v) is 7.03. The number of ether oxygens (including phenoxy) is 1. The Balaban J connectivity index is 1.64. The summed E-state index contributed by atoms with van der Waals surface area (Å²) in [6, 6.07) is 5.51. The molecule has 1 saturated heterocycles. The van der Waals surface area contributed by atoms with Gasteiger partial charge in [-0.05, 0) is 37.1 Å². The van der Waals surface area contributed by atoms with Crippen LogP contribution in [0.2, 0.25) is 0 Å². The highest BCUT2D eigenvalue weighted by Crippen LogP contribution is 2.29. The van der Waals surface area contributed by atoms with Crippen molar-refractivity contribution >= 4 is 28.8 Å². The third-order valence-electron chi connectivity index (χ3n) is 4.13. The molecule has 1 aliphatic rings. The fourth-order valence-corrected chi connectivity index (χ4v) is 3.69. The van der Waals surface area contributed by atoms with E-state index in [2.05, 4.69) is 15.5 Å². The van der Waals surface area contributed by atoms with Crippen LogP contribution >= 0.6 is 11.3 Å². The molecule has 1 fully saturated rings. The van der Waals surface area contributed by atoms with Crippen molar-refractivity contribution in [3.63, 3.8) is 0 Å². The lowest BCUT2D eigenvalue weighted by Gasteiger charge is -2.31. The van der Waals surface area contributed by atoms with Crippen LogP contribution in [0.25, 0.3) is 0 Å². The molecule has 2 amide bonds. The number of benzene rings is 1. The van der Waals surface area contributed by atoms with E-state index in [4.69, 9.17) is 4.74 Å². The van der Waals surface area contributed by atoms with Crippen LogP contribution in [0.1, 0.15) is 33.6 Å². The third-order valence-corrected chi connectivity index (χ3v) is 5.21. The standard InChI is InChI=1S/C17H19FN4O3S/c1-25-10-14(23)22-8-2-3-11(9-22)16-20-21-17(26-16)15(24)19-13-6-4-12(18)5-7-13/h4-7,11H,2-3,8-10H2,1H3,(H,19,24)/t11-/m1/s1. The first kappa shape index (κ1) is 18.4. The molecule has 0 spiro atoms. The van der Waals surface area contributed by atoms with Crippen LogP contribution in [0.3, 0.4) is 0 Å². The van der Waals surface area contributed by atoms with Crippen LogP contribution in [-0.4, -0.2) is 53.7 Å². The van der Waals surface area contributed by atoms with Gasteiger partial charge in [0.15, 0.2) is 0 Å². The number of anilines is 1. The Bertz CT molecular complexity index is 781. The normalized spacial score (nSPS) is 17.2. The SMILES string of the molecule is COCC(=O)N1CCC[C@@H](c2nnc(C(=O)Nc3ccc(F)cc3)s2)C1. The van der Waals surface area contributed by atoms with Gasteiger partial charge < -0.3 is 15.0 Å². The lowest BCUT2D eigenvalue weighted by Crippen LogP contribution is -2.40. The number of nitrogens with zero attached hydrogens (tertiary/aromatic N) is 3. The van der Waals surface area contributed by atoms with E-state index in [1.165, 1.54) is 42.7 Å². The van der Waals surface area contributed by atoms with Gasteiger partial charge in [0.1, 0.15) is 17.4 Å². The average molecular weight is 378 g/mol. The van der Waals surface area contributed by atoms with E-state index in [9.17, 15) is 14.0 Å². The molecule has 0 aliphatic carbocycles. The van der Waals surface area contributed by atoms with Crippen LogP contribution in [0, 0.1) is 5.82 Å². The lowest BCUT2D eigenvalue weighted by atomic mass is 9.99. The van der Waals surface area contributed by atoms with E-state index in [1.807, 2.05) is 0 Å². The molecule has 1 aliphatic heterocycles. The number of methoxy groups -OCH3 is 1. The number of amides is 2. The molecular formula is C17H19FN4O3S. The Hall–Kier alpha value is -2.39. The molecule has 0 radical (unpaired) electrons. The maximum absolute atomic E-state index is 12.9. The molecule has 9 heteroatoms. The van der Waals surface area contributed by atoms with Gasteiger partial charge in [-0.25, -0.2) is 4.39 Å². The third kappa shape index (κ3) is 4.41. The van der Waals surface area contributed by atoms with E-state index < -0.39 is 0 Å². The van der Waals surface area contributed by atoms with Crippen molar-refractivity contribution in [2.24, 2.45) is 0 Å². The van der Waals surface area contributed by atoms with Gasteiger partial charge in [0.25, 0.3) is 5.91 Å². The topological polar surface area (TPSA) is 84.4 Å². The van der Waals surface area contributed by atoms with E-state index in [-0.39, 0.29) is 35.2 Å². The number of piperidine rings is 1. The highest BCUT2D eigenvalue weighted by atomic mass is 32.1. The summed E-state index contributed by atoms with van der Waals surface area (Å²) < 4.78 is 17.8. The molecular weight excluding hydrogens is 359 g/mol. The predicted octanol–water partition coefficient (Wildman–Crippen LogP) is 2.28. The van der Waals surface area contributed by atoms with Crippen molar-refractivity contribution < 1.29 is 18.7 Å². The Morgan fingerprint density at radius 3 is 2.85 bits per heavy atom. The number of aromatic nitrogens is 2. The van der Waals surface area contributed by atoms with Crippen molar-refractivity contribution in [1.82, 2.24) is 15.1 Å². The second-order valence-electron chi connectivity index (χ2n) is 6.02. The van der Waals surface area contributed by atoms with Crippen molar-refractivity contribution in [3.8, 4) is 0 Å². The molecule has 1 N–H and O–H groups in total. The van der Waals surface area contributed by atoms with Crippen molar-refractivity contribution in [2.75, 3.05) is 32.1 Å². The summed E-state index contributed by atoms with van der Waals surface area (Å²) in [5.41, 5.74) is 0.488. The number of likely N-dealkylation sites (tertiary alicyclic amines) is 1. The van der Waals surface area contributed by atoms with E-state index in [0.717, 1.165) is 17.8 Å². The van der Waals surface area contributed by atoms with Crippen molar-refractivity contribution in [2.45, 2.75) is 18.8 Å². The maximum atomic E-state index is 12.9. The van der Waals surface area contributed by atoms with Gasteiger partial charge in [0.2, 0.25) is 10.9 Å². The number of rotatable bonds is 5. The number of hydrogen-bond acceptors (Lipinski definition) is 6. The molecule has 26 heavy (non-hydrogen) atoms. The molecule has 2 heterocycles. The van der Waals surface area contributed by atoms with Crippen molar-refractivity contribution in [3.05, 3.63) is 40.1 Å². The molecule has 7 nitrogen and oxygen atoms in total. The van der Waals surface area contributed by atoms with Gasteiger partial charge in [-0.2, -0.15) is 0 Å². The minimum Gasteiger partial charge on any atom is -0.375 e. The Morgan fingerprint density at radius 2 is 2.12 bits per heavy atom. The summed E-state index contributed by atoms with van der Waals surface area (Å²) >= 11 is 1.22. The zero-order chi connectivity index (χ0) is 18.5. The summed E-state index contributed by atoms with van der Waals surface area (Å²) in [7, 11) is 1.50. The number of nitrogens with one attached hydrogen (secondary N) is 1. The highest BCUT2D eigenvalue weighted by Gasteiger charge is 2.27. The zero-order valence-electron chi connectivity index (χ0n) is 14.3. The Labute approximate surface area is 154 Å². The minimum atomic E-state index is -0.386. The number of halogens is 1. The molecule has 0 bridgehead atoms. The molecule has 1 aromatic heterocycles. The molecule has 0 saturated carbocycles. The number of carbonyl (C=O) groups is 2. The molecule has 1 atom stereocenters. The van der Waals surface area contributed by atoms with Gasteiger partial charge in [0.05, 0.1) is 0 Å².